The van der Waals surface area contributed by atoms with E-state index in [9.17, 15) is 14.4 Å². The van der Waals surface area contributed by atoms with E-state index in [2.05, 4.69) is 14.6 Å². The first-order chi connectivity index (χ1) is 16.4. The van der Waals surface area contributed by atoms with Gasteiger partial charge in [-0.05, 0) is 61.7 Å². The van der Waals surface area contributed by atoms with Crippen LogP contribution in [0.25, 0.3) is 21.8 Å². The summed E-state index contributed by atoms with van der Waals surface area (Å²) >= 11 is 1.40. The first kappa shape index (κ1) is 23.5. The SMILES string of the molecule is CCOCCn1c2ccc(C(=O)/C(C)=N/OC(C)=O)cc2c2cc(C(=O)c3cccs3)ccc21. The molecule has 2 heterocycles. The first-order valence-corrected chi connectivity index (χ1v) is 11.8. The molecule has 174 valence electrons. The highest BCUT2D eigenvalue weighted by atomic mass is 32.1. The van der Waals surface area contributed by atoms with Crippen LogP contribution in [0.15, 0.2) is 59.1 Å². The zero-order valence-electron chi connectivity index (χ0n) is 19.2. The van der Waals surface area contributed by atoms with Gasteiger partial charge in [0, 0.05) is 53.0 Å². The van der Waals surface area contributed by atoms with Crippen LogP contribution >= 0.6 is 11.3 Å². The Morgan fingerprint density at radius 1 is 0.971 bits per heavy atom. The second-order valence-corrected chi connectivity index (χ2v) is 8.66. The van der Waals surface area contributed by atoms with E-state index >= 15 is 0 Å². The largest absolute Gasteiger partial charge is 0.380 e. The van der Waals surface area contributed by atoms with Crippen LogP contribution < -0.4 is 0 Å². The number of oxime groups is 1. The molecular weight excluding hydrogens is 452 g/mol. The molecule has 8 heteroatoms. The number of thiophene rings is 1. The van der Waals surface area contributed by atoms with Crippen LogP contribution in [0.3, 0.4) is 0 Å². The normalized spacial score (nSPS) is 11.8. The van der Waals surface area contributed by atoms with Crippen LogP contribution in [0.4, 0.5) is 0 Å². The summed E-state index contributed by atoms with van der Waals surface area (Å²) in [6.45, 7) is 6.46. The topological polar surface area (TPSA) is 87.0 Å². The zero-order valence-corrected chi connectivity index (χ0v) is 20.0. The third-order valence-electron chi connectivity index (χ3n) is 5.44. The number of ketones is 2. The molecule has 0 amide bonds. The summed E-state index contributed by atoms with van der Waals surface area (Å²) in [4.78, 5) is 42.2. The minimum Gasteiger partial charge on any atom is -0.380 e. The minimum atomic E-state index is -0.595. The highest BCUT2D eigenvalue weighted by molar-refractivity contribution is 7.12. The van der Waals surface area contributed by atoms with Gasteiger partial charge in [0.15, 0.2) is 0 Å². The van der Waals surface area contributed by atoms with Crippen molar-refractivity contribution in [1.82, 2.24) is 4.57 Å². The molecule has 0 spiro atoms. The van der Waals surface area contributed by atoms with Crippen molar-refractivity contribution in [1.29, 1.82) is 0 Å². The maximum absolute atomic E-state index is 13.0. The summed E-state index contributed by atoms with van der Waals surface area (Å²) < 4.78 is 7.70. The van der Waals surface area contributed by atoms with Crippen molar-refractivity contribution in [3.63, 3.8) is 0 Å². The lowest BCUT2D eigenvalue weighted by Crippen LogP contribution is -2.12. The lowest BCUT2D eigenvalue weighted by Gasteiger charge is -2.08. The third kappa shape index (κ3) is 4.69. The molecule has 0 saturated carbocycles. The lowest BCUT2D eigenvalue weighted by atomic mass is 10.0. The molecule has 2 aromatic carbocycles. The number of carbonyl (C=O) groups is 3. The van der Waals surface area contributed by atoms with Crippen molar-refractivity contribution in [2.45, 2.75) is 27.3 Å². The van der Waals surface area contributed by atoms with Gasteiger partial charge in [0.1, 0.15) is 5.71 Å². The molecule has 4 aromatic rings. The van der Waals surface area contributed by atoms with Crippen LogP contribution in [0.1, 0.15) is 46.4 Å². The number of Topliss-reactive ketones (excluding diaryl/α,β-unsaturated/α-hetero) is 1. The summed E-state index contributed by atoms with van der Waals surface area (Å²) in [6, 6.07) is 14.7. The smallest absolute Gasteiger partial charge is 0.331 e. The quantitative estimate of drug-likeness (QED) is 0.108. The molecule has 7 nitrogen and oxygen atoms in total. The summed E-state index contributed by atoms with van der Waals surface area (Å²) in [5.74, 6) is -0.976. The molecule has 0 aliphatic rings. The highest BCUT2D eigenvalue weighted by Gasteiger charge is 2.18. The van der Waals surface area contributed by atoms with Crippen LogP contribution in [-0.2, 0) is 20.9 Å². The molecule has 0 fully saturated rings. The van der Waals surface area contributed by atoms with Crippen molar-refractivity contribution in [3.05, 3.63) is 69.9 Å². The molecule has 0 atom stereocenters. The first-order valence-electron chi connectivity index (χ1n) is 10.9. The number of benzene rings is 2. The van der Waals surface area contributed by atoms with E-state index < -0.39 is 5.97 Å². The monoisotopic (exact) mass is 476 g/mol. The zero-order chi connectivity index (χ0) is 24.2. The van der Waals surface area contributed by atoms with Crippen molar-refractivity contribution >= 4 is 56.4 Å². The molecule has 0 unspecified atom stereocenters. The number of fused-ring (bicyclic) bond motifs is 3. The number of ether oxygens (including phenoxy) is 1. The Hall–Kier alpha value is -3.62. The third-order valence-corrected chi connectivity index (χ3v) is 6.31. The summed E-state index contributed by atoms with van der Waals surface area (Å²) in [6.07, 6.45) is 0. The molecule has 0 radical (unpaired) electrons. The van der Waals surface area contributed by atoms with Gasteiger partial charge < -0.3 is 14.1 Å². The van der Waals surface area contributed by atoms with Crippen LogP contribution in [0.5, 0.6) is 0 Å². The molecular formula is C26H24N2O5S. The van der Waals surface area contributed by atoms with Gasteiger partial charge in [-0.25, -0.2) is 4.79 Å². The number of rotatable bonds is 9. The Labute approximate surface area is 200 Å². The Balaban J connectivity index is 1.84. The average molecular weight is 477 g/mol. The van der Waals surface area contributed by atoms with E-state index in [0.29, 0.717) is 35.8 Å². The number of nitrogens with zero attached hydrogens (tertiary/aromatic N) is 2. The molecule has 34 heavy (non-hydrogen) atoms. The molecule has 4 rings (SSSR count). The van der Waals surface area contributed by atoms with Gasteiger partial charge in [-0.2, -0.15) is 0 Å². The van der Waals surface area contributed by atoms with Crippen LogP contribution in [-0.4, -0.2) is 41.0 Å². The van der Waals surface area contributed by atoms with E-state index in [1.54, 1.807) is 12.1 Å². The minimum absolute atomic E-state index is 0.0382. The fraction of sp³-hybridized carbons (Fsp3) is 0.231. The van der Waals surface area contributed by atoms with Crippen molar-refractivity contribution in [2.75, 3.05) is 13.2 Å². The summed E-state index contributed by atoms with van der Waals surface area (Å²) in [7, 11) is 0. The Kier molecular flexibility index (Phi) is 7.00. The number of aromatic nitrogens is 1. The maximum atomic E-state index is 13.0. The lowest BCUT2D eigenvalue weighted by molar-refractivity contribution is -0.140. The standard InChI is InChI=1S/C26H24N2O5S/c1-4-32-12-11-28-22-9-7-18(25(30)16(2)27-33-17(3)29)14-20(22)21-15-19(8-10-23(21)28)26(31)24-6-5-13-34-24/h5-10,13-15H,4,11-12H2,1-3H3/b27-16+. The van der Waals surface area contributed by atoms with Gasteiger partial charge in [0.2, 0.25) is 11.6 Å². The van der Waals surface area contributed by atoms with E-state index in [-0.39, 0.29) is 17.3 Å². The predicted molar refractivity (Wildman–Crippen MR) is 133 cm³/mol. The van der Waals surface area contributed by atoms with E-state index in [4.69, 9.17) is 4.74 Å². The van der Waals surface area contributed by atoms with Crippen LogP contribution in [0.2, 0.25) is 0 Å². The molecule has 0 aliphatic carbocycles. The fourth-order valence-corrected chi connectivity index (χ4v) is 4.55. The Bertz CT molecular complexity index is 1420. The number of hydrogen-bond donors (Lipinski definition) is 0. The maximum Gasteiger partial charge on any atom is 0.331 e. The number of carbonyl (C=O) groups excluding carboxylic acids is 3. The van der Waals surface area contributed by atoms with Crippen molar-refractivity contribution < 1.29 is 24.0 Å². The van der Waals surface area contributed by atoms with E-state index in [1.165, 1.54) is 25.2 Å². The Morgan fingerprint density at radius 3 is 2.26 bits per heavy atom. The second kappa shape index (κ2) is 10.1. The molecule has 2 aromatic heterocycles. The van der Waals surface area contributed by atoms with Gasteiger partial charge in [-0.1, -0.05) is 11.2 Å². The van der Waals surface area contributed by atoms with Gasteiger partial charge in [0.25, 0.3) is 0 Å². The van der Waals surface area contributed by atoms with E-state index in [1.807, 2.05) is 48.7 Å². The van der Waals surface area contributed by atoms with Gasteiger partial charge in [-0.3, -0.25) is 9.59 Å². The molecule has 0 N–H and O–H groups in total. The molecule has 0 aliphatic heterocycles. The highest BCUT2D eigenvalue weighted by Crippen LogP contribution is 2.32. The second-order valence-electron chi connectivity index (χ2n) is 7.71. The average Bonchev–Trinajstić information content (AvgIpc) is 3.48. The van der Waals surface area contributed by atoms with Gasteiger partial charge >= 0.3 is 5.97 Å². The predicted octanol–water partition coefficient (Wildman–Crippen LogP) is 5.25. The van der Waals surface area contributed by atoms with Crippen molar-refractivity contribution in [2.24, 2.45) is 5.16 Å². The van der Waals surface area contributed by atoms with Gasteiger partial charge in [0.05, 0.1) is 11.5 Å². The summed E-state index contributed by atoms with van der Waals surface area (Å²) in [5.41, 5.74) is 2.96. The number of hydrogen-bond acceptors (Lipinski definition) is 7. The fourth-order valence-electron chi connectivity index (χ4n) is 3.86. The molecule has 0 saturated heterocycles. The summed E-state index contributed by atoms with van der Waals surface area (Å²) in [5, 5.41) is 7.21. The van der Waals surface area contributed by atoms with Crippen molar-refractivity contribution in [3.8, 4) is 0 Å². The molecule has 0 bridgehead atoms. The van der Waals surface area contributed by atoms with E-state index in [0.717, 1.165) is 21.8 Å². The van der Waals surface area contributed by atoms with Gasteiger partial charge in [-0.15, -0.1) is 11.3 Å². The Morgan fingerprint density at radius 2 is 1.65 bits per heavy atom. The van der Waals surface area contributed by atoms with Crippen LogP contribution in [0, 0.1) is 0 Å².